The minimum absolute atomic E-state index is 0.0760. The molecule has 8 heteroatoms. The van der Waals surface area contributed by atoms with Crippen LogP contribution in [0.2, 0.25) is 0 Å². The number of hydrogen-bond donors (Lipinski definition) is 2. The van der Waals surface area contributed by atoms with Crippen LogP contribution in [-0.4, -0.2) is 16.3 Å². The first kappa shape index (κ1) is 12.9. The largest absolute Gasteiger partial charge is 0.573 e. The molecule has 1 aromatic heterocycles. The van der Waals surface area contributed by atoms with E-state index >= 15 is 0 Å². The zero-order chi connectivity index (χ0) is 14.0. The van der Waals surface area contributed by atoms with Gasteiger partial charge >= 0.3 is 12.1 Å². The van der Waals surface area contributed by atoms with Gasteiger partial charge in [-0.2, -0.15) is 4.98 Å². The summed E-state index contributed by atoms with van der Waals surface area (Å²) in [5.41, 5.74) is 5.56. The number of halogens is 3. The maximum Gasteiger partial charge on any atom is 0.573 e. The number of nitrogen functional groups attached to an aromatic ring is 1. The van der Waals surface area contributed by atoms with E-state index in [0.717, 1.165) is 12.1 Å². The molecule has 0 bridgehead atoms. The molecule has 19 heavy (non-hydrogen) atoms. The van der Waals surface area contributed by atoms with Crippen molar-refractivity contribution < 1.29 is 17.9 Å². The SMILES string of the molecule is Nc1nc(=O)[nH]cc1-c1cccc(OC(F)(F)F)c1. The average molecular weight is 271 g/mol. The summed E-state index contributed by atoms with van der Waals surface area (Å²) in [5.74, 6) is -0.455. The summed E-state index contributed by atoms with van der Waals surface area (Å²) in [5, 5.41) is 0. The molecular formula is C11H8F3N3O2. The molecule has 0 saturated heterocycles. The molecule has 0 atom stereocenters. The Bertz CT molecular complexity index is 652. The number of anilines is 1. The van der Waals surface area contributed by atoms with Crippen molar-refractivity contribution in [3.63, 3.8) is 0 Å². The second kappa shape index (κ2) is 4.63. The summed E-state index contributed by atoms with van der Waals surface area (Å²) >= 11 is 0. The second-order valence-corrected chi connectivity index (χ2v) is 3.58. The van der Waals surface area contributed by atoms with E-state index in [1.165, 1.54) is 18.3 Å². The molecular weight excluding hydrogens is 263 g/mol. The molecule has 1 heterocycles. The Balaban J connectivity index is 2.40. The van der Waals surface area contributed by atoms with Crippen LogP contribution in [0.3, 0.4) is 0 Å². The Morgan fingerprint density at radius 3 is 2.68 bits per heavy atom. The lowest BCUT2D eigenvalue weighted by Gasteiger charge is -2.10. The normalized spacial score (nSPS) is 11.3. The van der Waals surface area contributed by atoms with Crippen LogP contribution >= 0.6 is 0 Å². The first-order chi connectivity index (χ1) is 8.85. The van der Waals surface area contributed by atoms with Crippen LogP contribution in [0.1, 0.15) is 0 Å². The van der Waals surface area contributed by atoms with Crippen LogP contribution in [0.25, 0.3) is 11.1 Å². The highest BCUT2D eigenvalue weighted by Gasteiger charge is 2.31. The highest BCUT2D eigenvalue weighted by molar-refractivity contribution is 5.73. The number of nitrogens with two attached hydrogens (primary N) is 1. The van der Waals surface area contributed by atoms with Gasteiger partial charge in [-0.3, -0.25) is 0 Å². The van der Waals surface area contributed by atoms with Crippen molar-refractivity contribution in [2.24, 2.45) is 0 Å². The molecule has 5 nitrogen and oxygen atoms in total. The predicted molar refractivity (Wildman–Crippen MR) is 61.4 cm³/mol. The zero-order valence-electron chi connectivity index (χ0n) is 9.36. The predicted octanol–water partition coefficient (Wildman–Crippen LogP) is 1.92. The third-order valence-corrected chi connectivity index (χ3v) is 2.22. The number of benzene rings is 1. The van der Waals surface area contributed by atoms with Gasteiger partial charge in [0.25, 0.3) is 0 Å². The van der Waals surface area contributed by atoms with Gasteiger partial charge in [0.05, 0.1) is 0 Å². The van der Waals surface area contributed by atoms with E-state index in [-0.39, 0.29) is 11.6 Å². The summed E-state index contributed by atoms with van der Waals surface area (Å²) < 4.78 is 40.1. The van der Waals surface area contributed by atoms with Crippen LogP contribution in [0, 0.1) is 0 Å². The fraction of sp³-hybridized carbons (Fsp3) is 0.0909. The smallest absolute Gasteiger partial charge is 0.406 e. The van der Waals surface area contributed by atoms with Gasteiger partial charge in [-0.1, -0.05) is 12.1 Å². The molecule has 0 amide bonds. The van der Waals surface area contributed by atoms with Crippen molar-refractivity contribution in [1.29, 1.82) is 0 Å². The maximum atomic E-state index is 12.1. The average Bonchev–Trinajstić information content (AvgIpc) is 2.26. The molecule has 0 spiro atoms. The lowest BCUT2D eigenvalue weighted by molar-refractivity contribution is -0.274. The molecule has 0 saturated carbocycles. The monoisotopic (exact) mass is 271 g/mol. The highest BCUT2D eigenvalue weighted by Crippen LogP contribution is 2.29. The number of hydrogen-bond acceptors (Lipinski definition) is 4. The fourth-order valence-electron chi connectivity index (χ4n) is 1.50. The second-order valence-electron chi connectivity index (χ2n) is 3.58. The van der Waals surface area contributed by atoms with Gasteiger partial charge in [0.1, 0.15) is 11.6 Å². The Hall–Kier alpha value is -2.51. The van der Waals surface area contributed by atoms with Gasteiger partial charge in [0, 0.05) is 11.8 Å². The zero-order valence-corrected chi connectivity index (χ0v) is 9.36. The highest BCUT2D eigenvalue weighted by atomic mass is 19.4. The summed E-state index contributed by atoms with van der Waals surface area (Å²) in [4.78, 5) is 16.7. The van der Waals surface area contributed by atoms with Gasteiger partial charge in [0.2, 0.25) is 0 Å². The first-order valence-electron chi connectivity index (χ1n) is 5.06. The third-order valence-electron chi connectivity index (χ3n) is 2.22. The molecule has 0 aliphatic rings. The standard InChI is InChI=1S/C11H8F3N3O2/c12-11(13,14)19-7-3-1-2-6(4-7)8-5-16-10(18)17-9(8)15/h1-5H,(H3,15,16,17,18). The van der Waals surface area contributed by atoms with Crippen LogP contribution in [0.15, 0.2) is 35.3 Å². The quantitative estimate of drug-likeness (QED) is 0.874. The van der Waals surface area contributed by atoms with Crippen molar-refractivity contribution in [3.8, 4) is 16.9 Å². The van der Waals surface area contributed by atoms with Crippen LogP contribution in [0.4, 0.5) is 19.0 Å². The van der Waals surface area contributed by atoms with Crippen LogP contribution in [-0.2, 0) is 0 Å². The van der Waals surface area contributed by atoms with Crippen molar-refractivity contribution in [1.82, 2.24) is 9.97 Å². The Labute approximate surface area is 104 Å². The van der Waals surface area contributed by atoms with Crippen molar-refractivity contribution >= 4 is 5.82 Å². The van der Waals surface area contributed by atoms with E-state index in [9.17, 15) is 18.0 Å². The lowest BCUT2D eigenvalue weighted by Crippen LogP contribution is -2.17. The van der Waals surface area contributed by atoms with Gasteiger partial charge < -0.3 is 15.5 Å². The van der Waals surface area contributed by atoms with Crippen molar-refractivity contribution in [3.05, 3.63) is 40.9 Å². The van der Waals surface area contributed by atoms with Gasteiger partial charge in [-0.15, -0.1) is 13.2 Å². The number of H-pyrrole nitrogens is 1. The number of nitrogens with zero attached hydrogens (tertiary/aromatic N) is 1. The van der Waals surface area contributed by atoms with E-state index in [2.05, 4.69) is 14.7 Å². The molecule has 2 rings (SSSR count). The molecule has 2 aromatic rings. The maximum absolute atomic E-state index is 12.1. The van der Waals surface area contributed by atoms with E-state index < -0.39 is 12.1 Å². The van der Waals surface area contributed by atoms with Gasteiger partial charge in [-0.25, -0.2) is 4.79 Å². The summed E-state index contributed by atoms with van der Waals surface area (Å²) in [7, 11) is 0. The van der Waals surface area contributed by atoms with E-state index in [0.29, 0.717) is 11.1 Å². The number of rotatable bonds is 2. The van der Waals surface area contributed by atoms with E-state index in [4.69, 9.17) is 5.73 Å². The lowest BCUT2D eigenvalue weighted by atomic mass is 10.1. The minimum Gasteiger partial charge on any atom is -0.406 e. The fourth-order valence-corrected chi connectivity index (χ4v) is 1.50. The number of nitrogens with one attached hydrogen (secondary N) is 1. The van der Waals surface area contributed by atoms with Gasteiger partial charge in [-0.05, 0) is 17.7 Å². The summed E-state index contributed by atoms with van der Waals surface area (Å²) in [6, 6.07) is 5.21. The number of aromatic amines is 1. The Morgan fingerprint density at radius 2 is 2.05 bits per heavy atom. The van der Waals surface area contributed by atoms with Crippen LogP contribution in [0.5, 0.6) is 5.75 Å². The molecule has 3 N–H and O–H groups in total. The van der Waals surface area contributed by atoms with Crippen LogP contribution < -0.4 is 16.2 Å². The molecule has 0 fully saturated rings. The number of aromatic nitrogens is 2. The molecule has 0 aliphatic carbocycles. The molecule has 100 valence electrons. The minimum atomic E-state index is -4.77. The van der Waals surface area contributed by atoms with Gasteiger partial charge in [0.15, 0.2) is 0 Å². The first-order valence-corrected chi connectivity index (χ1v) is 5.06. The summed E-state index contributed by atoms with van der Waals surface area (Å²) in [6.07, 6.45) is -3.50. The van der Waals surface area contributed by atoms with Crippen molar-refractivity contribution in [2.45, 2.75) is 6.36 Å². The molecule has 0 radical (unpaired) electrons. The number of alkyl halides is 3. The Morgan fingerprint density at radius 1 is 1.32 bits per heavy atom. The van der Waals surface area contributed by atoms with E-state index in [1.54, 1.807) is 0 Å². The molecule has 1 aromatic carbocycles. The number of ether oxygens (including phenoxy) is 1. The summed E-state index contributed by atoms with van der Waals surface area (Å²) in [6.45, 7) is 0. The molecule has 0 aliphatic heterocycles. The third kappa shape index (κ3) is 3.24. The Kier molecular flexibility index (Phi) is 3.16. The topological polar surface area (TPSA) is 81.0 Å². The van der Waals surface area contributed by atoms with Crippen molar-refractivity contribution in [2.75, 3.05) is 5.73 Å². The molecule has 0 unspecified atom stereocenters. The van der Waals surface area contributed by atoms with E-state index in [1.807, 2.05) is 0 Å².